The normalized spacial score (nSPS) is 17.0. The van der Waals surface area contributed by atoms with Crippen molar-refractivity contribution in [3.05, 3.63) is 34.3 Å². The molecular formula is C15H24BrN3. The van der Waals surface area contributed by atoms with Gasteiger partial charge < -0.3 is 10.2 Å². The Hall–Kier alpha value is -0.420. The Morgan fingerprint density at radius 1 is 1.26 bits per heavy atom. The van der Waals surface area contributed by atoms with Gasteiger partial charge in [0.15, 0.2) is 0 Å². The fourth-order valence-corrected chi connectivity index (χ4v) is 2.82. The molecule has 0 radical (unpaired) electrons. The van der Waals surface area contributed by atoms with Crippen molar-refractivity contribution in [3.8, 4) is 0 Å². The van der Waals surface area contributed by atoms with Crippen LogP contribution in [-0.4, -0.2) is 62.7 Å². The van der Waals surface area contributed by atoms with E-state index in [2.05, 4.69) is 62.4 Å². The number of halogens is 1. The molecule has 0 amide bonds. The first-order valence-electron chi connectivity index (χ1n) is 7.10. The second-order valence-corrected chi connectivity index (χ2v) is 6.19. The second-order valence-electron chi connectivity index (χ2n) is 5.27. The lowest BCUT2D eigenvalue weighted by molar-refractivity contribution is 0.206. The molecule has 0 aliphatic carbocycles. The zero-order valence-corrected chi connectivity index (χ0v) is 13.3. The third-order valence-corrected chi connectivity index (χ3v) is 4.17. The second kappa shape index (κ2) is 8.00. The quantitative estimate of drug-likeness (QED) is 0.860. The third-order valence-electron chi connectivity index (χ3n) is 3.68. The van der Waals surface area contributed by atoms with Gasteiger partial charge in [-0.2, -0.15) is 0 Å². The van der Waals surface area contributed by atoms with E-state index in [9.17, 15) is 0 Å². The van der Waals surface area contributed by atoms with Gasteiger partial charge in [-0.15, -0.1) is 0 Å². The Bertz CT molecular complexity index is 377. The van der Waals surface area contributed by atoms with Gasteiger partial charge in [-0.1, -0.05) is 28.1 Å². The first-order chi connectivity index (χ1) is 9.24. The molecule has 1 aromatic carbocycles. The monoisotopic (exact) mass is 325 g/mol. The van der Waals surface area contributed by atoms with Crippen molar-refractivity contribution in [2.45, 2.75) is 6.42 Å². The van der Waals surface area contributed by atoms with E-state index in [4.69, 9.17) is 0 Å². The molecule has 0 aromatic heterocycles. The number of hydrogen-bond acceptors (Lipinski definition) is 3. The van der Waals surface area contributed by atoms with Gasteiger partial charge in [0.1, 0.15) is 0 Å². The van der Waals surface area contributed by atoms with Crippen molar-refractivity contribution in [1.82, 2.24) is 15.1 Å². The minimum atomic E-state index is 1.12. The summed E-state index contributed by atoms with van der Waals surface area (Å²) in [7, 11) is 2.22. The van der Waals surface area contributed by atoms with Crippen molar-refractivity contribution in [3.63, 3.8) is 0 Å². The molecule has 0 saturated carbocycles. The summed E-state index contributed by atoms with van der Waals surface area (Å²) in [5.41, 5.74) is 1.41. The predicted molar refractivity (Wildman–Crippen MR) is 84.7 cm³/mol. The fourth-order valence-electron chi connectivity index (χ4n) is 2.37. The van der Waals surface area contributed by atoms with Gasteiger partial charge in [0.2, 0.25) is 0 Å². The lowest BCUT2D eigenvalue weighted by Gasteiger charge is -2.29. The summed E-state index contributed by atoms with van der Waals surface area (Å²) in [4.78, 5) is 4.98. The molecule has 0 atom stereocenters. The summed E-state index contributed by atoms with van der Waals surface area (Å²) < 4.78 is 1.17. The molecule has 106 valence electrons. The van der Waals surface area contributed by atoms with Crippen molar-refractivity contribution in [2.24, 2.45) is 0 Å². The summed E-state index contributed by atoms with van der Waals surface area (Å²) in [6.45, 7) is 8.15. The first-order valence-corrected chi connectivity index (χ1v) is 7.89. The Morgan fingerprint density at radius 3 is 2.79 bits per heavy atom. The average molecular weight is 326 g/mol. The van der Waals surface area contributed by atoms with Crippen LogP contribution in [0.1, 0.15) is 5.56 Å². The predicted octanol–water partition coefficient (Wildman–Crippen LogP) is 1.83. The highest BCUT2D eigenvalue weighted by Crippen LogP contribution is 2.12. The highest BCUT2D eigenvalue weighted by molar-refractivity contribution is 9.10. The number of piperazine rings is 1. The van der Waals surface area contributed by atoms with Gasteiger partial charge in [-0.25, -0.2) is 0 Å². The van der Waals surface area contributed by atoms with E-state index in [0.29, 0.717) is 0 Å². The van der Waals surface area contributed by atoms with Crippen LogP contribution in [0.4, 0.5) is 0 Å². The van der Waals surface area contributed by atoms with E-state index in [0.717, 1.165) is 32.6 Å². The number of rotatable bonds is 6. The van der Waals surface area contributed by atoms with Crippen LogP contribution >= 0.6 is 15.9 Å². The summed E-state index contributed by atoms with van der Waals surface area (Å²) in [6, 6.07) is 8.61. The molecule has 0 unspecified atom stereocenters. The molecule has 1 saturated heterocycles. The van der Waals surface area contributed by atoms with Crippen LogP contribution in [0.2, 0.25) is 0 Å². The van der Waals surface area contributed by atoms with E-state index in [1.165, 1.54) is 29.7 Å². The van der Waals surface area contributed by atoms with E-state index in [1.54, 1.807) is 0 Å². The molecule has 1 aliphatic rings. The molecule has 0 bridgehead atoms. The topological polar surface area (TPSA) is 18.5 Å². The van der Waals surface area contributed by atoms with Crippen LogP contribution < -0.4 is 5.32 Å². The number of likely N-dealkylation sites (N-methyl/N-ethyl adjacent to an activating group) is 1. The summed E-state index contributed by atoms with van der Waals surface area (Å²) >= 11 is 3.53. The van der Waals surface area contributed by atoms with Gasteiger partial charge in [0.05, 0.1) is 0 Å². The lowest BCUT2D eigenvalue weighted by atomic mass is 10.1. The number of nitrogens with one attached hydrogen (secondary N) is 1. The van der Waals surface area contributed by atoms with Crippen LogP contribution in [0, 0.1) is 0 Å². The summed E-state index contributed by atoms with van der Waals surface area (Å²) in [6.07, 6.45) is 1.12. The highest BCUT2D eigenvalue weighted by atomic mass is 79.9. The number of nitrogens with zero attached hydrogens (tertiary/aromatic N) is 2. The Kier molecular flexibility index (Phi) is 6.31. The lowest BCUT2D eigenvalue weighted by Crippen LogP contribution is -2.46. The number of hydrogen-bond donors (Lipinski definition) is 1. The maximum absolute atomic E-state index is 3.53. The molecule has 3 nitrogen and oxygen atoms in total. The average Bonchev–Trinajstić information content (AvgIpc) is 2.44. The van der Waals surface area contributed by atoms with Gasteiger partial charge in [-0.05, 0) is 31.2 Å². The highest BCUT2D eigenvalue weighted by Gasteiger charge is 2.09. The largest absolute Gasteiger partial charge is 0.314 e. The summed E-state index contributed by atoms with van der Waals surface area (Å²) in [5, 5.41) is 3.39. The van der Waals surface area contributed by atoms with E-state index in [-0.39, 0.29) is 0 Å². The summed E-state index contributed by atoms with van der Waals surface area (Å²) in [5.74, 6) is 0. The molecular weight excluding hydrogens is 302 g/mol. The standard InChI is InChI=1S/C15H24BrN3/c1-18(11-12-19-9-6-17-7-10-19)8-5-14-3-2-4-15(16)13-14/h2-4,13,17H,5-12H2,1H3. The molecule has 0 spiro atoms. The van der Waals surface area contributed by atoms with E-state index < -0.39 is 0 Å². The van der Waals surface area contributed by atoms with E-state index >= 15 is 0 Å². The SMILES string of the molecule is CN(CCc1cccc(Br)c1)CCN1CCNCC1. The molecule has 2 rings (SSSR count). The Morgan fingerprint density at radius 2 is 2.05 bits per heavy atom. The molecule has 19 heavy (non-hydrogen) atoms. The smallest absolute Gasteiger partial charge is 0.0178 e. The molecule has 1 N–H and O–H groups in total. The zero-order valence-electron chi connectivity index (χ0n) is 11.7. The van der Waals surface area contributed by atoms with Gasteiger partial charge in [0.25, 0.3) is 0 Å². The van der Waals surface area contributed by atoms with Crippen LogP contribution in [0.3, 0.4) is 0 Å². The Balaban J connectivity index is 1.65. The van der Waals surface area contributed by atoms with Gasteiger partial charge in [0, 0.05) is 50.3 Å². The van der Waals surface area contributed by atoms with Crippen LogP contribution in [0.25, 0.3) is 0 Å². The minimum Gasteiger partial charge on any atom is -0.314 e. The van der Waals surface area contributed by atoms with E-state index in [1.807, 2.05) is 0 Å². The Labute approximate surface area is 125 Å². The van der Waals surface area contributed by atoms with Crippen LogP contribution in [-0.2, 0) is 6.42 Å². The first kappa shape index (κ1) is 15.0. The fraction of sp³-hybridized carbons (Fsp3) is 0.600. The van der Waals surface area contributed by atoms with Crippen molar-refractivity contribution in [1.29, 1.82) is 0 Å². The molecule has 4 heteroatoms. The molecule has 1 heterocycles. The maximum atomic E-state index is 3.53. The third kappa shape index (κ3) is 5.61. The van der Waals surface area contributed by atoms with Crippen molar-refractivity contribution < 1.29 is 0 Å². The van der Waals surface area contributed by atoms with Crippen molar-refractivity contribution >= 4 is 15.9 Å². The molecule has 1 fully saturated rings. The minimum absolute atomic E-state index is 1.12. The van der Waals surface area contributed by atoms with Gasteiger partial charge in [-0.3, -0.25) is 4.90 Å². The maximum Gasteiger partial charge on any atom is 0.0178 e. The number of benzene rings is 1. The zero-order chi connectivity index (χ0) is 13.5. The van der Waals surface area contributed by atoms with Crippen LogP contribution in [0.5, 0.6) is 0 Å². The molecule has 1 aromatic rings. The molecule has 1 aliphatic heterocycles. The van der Waals surface area contributed by atoms with Crippen LogP contribution in [0.15, 0.2) is 28.7 Å². The van der Waals surface area contributed by atoms with Crippen molar-refractivity contribution in [2.75, 3.05) is 52.9 Å². The van der Waals surface area contributed by atoms with Gasteiger partial charge >= 0.3 is 0 Å².